The van der Waals surface area contributed by atoms with Gasteiger partial charge in [-0.05, 0) is 60.2 Å². The van der Waals surface area contributed by atoms with Crippen LogP contribution in [0.5, 0.6) is 0 Å². The van der Waals surface area contributed by atoms with E-state index < -0.39 is 0 Å². The first-order valence-electron chi connectivity index (χ1n) is 10.6. The molecule has 0 saturated carbocycles. The van der Waals surface area contributed by atoms with Gasteiger partial charge in [0.05, 0.1) is 4.92 Å². The number of anilines is 1. The molecule has 3 aromatic carbocycles. The minimum Gasteiger partial charge on any atom is -0.375 e. The molecule has 4 rings (SSSR count). The molecule has 6 nitrogen and oxygen atoms in total. The molecule has 1 saturated heterocycles. The molecule has 0 aliphatic carbocycles. The summed E-state index contributed by atoms with van der Waals surface area (Å²) in [6.07, 6.45) is 3.26. The summed E-state index contributed by atoms with van der Waals surface area (Å²) in [4.78, 5) is 25.9. The average molecular weight is 415 g/mol. The van der Waals surface area contributed by atoms with Gasteiger partial charge in [0, 0.05) is 31.3 Å². The molecule has 1 heterocycles. The van der Waals surface area contributed by atoms with Crippen LogP contribution in [0.15, 0.2) is 72.8 Å². The SMILES string of the molecule is O=C(c1cccc(-c2ccc([N+](=O)[O-])c(NCc3ccccc3)c2)c1)N1CCCCC1. The second kappa shape index (κ2) is 9.43. The van der Waals surface area contributed by atoms with Crippen LogP contribution in [-0.2, 0) is 6.54 Å². The Kier molecular flexibility index (Phi) is 6.26. The van der Waals surface area contributed by atoms with E-state index in [-0.39, 0.29) is 16.5 Å². The van der Waals surface area contributed by atoms with Crippen molar-refractivity contribution in [2.45, 2.75) is 25.8 Å². The third-order valence-electron chi connectivity index (χ3n) is 5.61. The topological polar surface area (TPSA) is 75.5 Å². The molecule has 1 fully saturated rings. The number of nitrogens with zero attached hydrogens (tertiary/aromatic N) is 2. The molecule has 0 radical (unpaired) electrons. The molecule has 1 amide bonds. The lowest BCUT2D eigenvalue weighted by atomic mass is 10.0. The monoisotopic (exact) mass is 415 g/mol. The smallest absolute Gasteiger partial charge is 0.292 e. The number of nitro benzene ring substituents is 1. The fourth-order valence-electron chi connectivity index (χ4n) is 3.92. The highest BCUT2D eigenvalue weighted by molar-refractivity contribution is 5.95. The number of hydrogen-bond donors (Lipinski definition) is 1. The van der Waals surface area contributed by atoms with Crippen LogP contribution in [0.1, 0.15) is 35.2 Å². The van der Waals surface area contributed by atoms with Gasteiger partial charge >= 0.3 is 0 Å². The Balaban J connectivity index is 1.60. The van der Waals surface area contributed by atoms with Crippen molar-refractivity contribution in [2.75, 3.05) is 18.4 Å². The van der Waals surface area contributed by atoms with Crippen LogP contribution in [0.4, 0.5) is 11.4 Å². The van der Waals surface area contributed by atoms with E-state index in [0.717, 1.165) is 42.6 Å². The second-order valence-electron chi connectivity index (χ2n) is 7.76. The summed E-state index contributed by atoms with van der Waals surface area (Å²) in [6, 6.07) is 22.3. The lowest BCUT2D eigenvalue weighted by molar-refractivity contribution is -0.384. The minimum absolute atomic E-state index is 0.0280. The zero-order valence-corrected chi connectivity index (χ0v) is 17.3. The predicted molar refractivity (Wildman–Crippen MR) is 122 cm³/mol. The van der Waals surface area contributed by atoms with E-state index in [0.29, 0.717) is 17.8 Å². The number of hydrogen-bond acceptors (Lipinski definition) is 4. The quantitative estimate of drug-likeness (QED) is 0.426. The lowest BCUT2D eigenvalue weighted by Crippen LogP contribution is -2.35. The van der Waals surface area contributed by atoms with E-state index in [1.54, 1.807) is 12.1 Å². The minimum atomic E-state index is -0.382. The Labute approximate surface area is 181 Å². The van der Waals surface area contributed by atoms with E-state index >= 15 is 0 Å². The molecule has 0 aromatic heterocycles. The zero-order valence-electron chi connectivity index (χ0n) is 17.3. The van der Waals surface area contributed by atoms with Crippen LogP contribution >= 0.6 is 0 Å². The predicted octanol–water partition coefficient (Wildman–Crippen LogP) is 5.50. The largest absolute Gasteiger partial charge is 0.375 e. The van der Waals surface area contributed by atoms with Crippen molar-refractivity contribution in [3.05, 3.63) is 94.0 Å². The van der Waals surface area contributed by atoms with Crippen molar-refractivity contribution < 1.29 is 9.72 Å². The van der Waals surface area contributed by atoms with E-state index in [1.807, 2.05) is 59.5 Å². The molecule has 0 unspecified atom stereocenters. The number of rotatable bonds is 6. The summed E-state index contributed by atoms with van der Waals surface area (Å²) in [5.41, 5.74) is 3.86. The van der Waals surface area contributed by atoms with Gasteiger partial charge in [-0.15, -0.1) is 0 Å². The van der Waals surface area contributed by atoms with Gasteiger partial charge in [-0.1, -0.05) is 42.5 Å². The van der Waals surface area contributed by atoms with Gasteiger partial charge in [-0.25, -0.2) is 0 Å². The maximum Gasteiger partial charge on any atom is 0.292 e. The van der Waals surface area contributed by atoms with Gasteiger partial charge in [0.25, 0.3) is 11.6 Å². The molecule has 0 bridgehead atoms. The summed E-state index contributed by atoms with van der Waals surface area (Å²) in [7, 11) is 0. The Bertz CT molecular complexity index is 1080. The average Bonchev–Trinajstić information content (AvgIpc) is 2.83. The first-order chi connectivity index (χ1) is 15.1. The van der Waals surface area contributed by atoms with Crippen molar-refractivity contribution in [3.63, 3.8) is 0 Å². The molecule has 3 aromatic rings. The van der Waals surface area contributed by atoms with Gasteiger partial charge in [0.1, 0.15) is 5.69 Å². The van der Waals surface area contributed by atoms with Crippen LogP contribution in [0, 0.1) is 10.1 Å². The Morgan fingerprint density at radius 2 is 1.65 bits per heavy atom. The van der Waals surface area contributed by atoms with Gasteiger partial charge in [0.2, 0.25) is 0 Å². The number of nitro groups is 1. The number of amides is 1. The van der Waals surface area contributed by atoms with Crippen molar-refractivity contribution in [2.24, 2.45) is 0 Å². The van der Waals surface area contributed by atoms with Crippen molar-refractivity contribution in [1.29, 1.82) is 0 Å². The molecule has 1 aliphatic heterocycles. The maximum absolute atomic E-state index is 12.9. The van der Waals surface area contributed by atoms with Crippen LogP contribution in [-0.4, -0.2) is 28.8 Å². The van der Waals surface area contributed by atoms with Crippen molar-refractivity contribution in [3.8, 4) is 11.1 Å². The zero-order chi connectivity index (χ0) is 21.6. The van der Waals surface area contributed by atoms with Gasteiger partial charge in [-0.2, -0.15) is 0 Å². The van der Waals surface area contributed by atoms with Gasteiger partial charge in [0.15, 0.2) is 0 Å². The third kappa shape index (κ3) is 4.91. The molecule has 158 valence electrons. The van der Waals surface area contributed by atoms with Gasteiger partial charge in [-0.3, -0.25) is 14.9 Å². The number of nitrogens with one attached hydrogen (secondary N) is 1. The van der Waals surface area contributed by atoms with Crippen molar-refractivity contribution in [1.82, 2.24) is 4.90 Å². The van der Waals surface area contributed by atoms with Crippen LogP contribution in [0.2, 0.25) is 0 Å². The number of benzene rings is 3. The lowest BCUT2D eigenvalue weighted by Gasteiger charge is -2.26. The number of carbonyl (C=O) groups is 1. The van der Waals surface area contributed by atoms with Crippen LogP contribution < -0.4 is 5.32 Å². The molecule has 1 N–H and O–H groups in total. The Morgan fingerprint density at radius 1 is 0.903 bits per heavy atom. The first kappa shape index (κ1) is 20.6. The van der Waals surface area contributed by atoms with E-state index in [2.05, 4.69) is 5.32 Å². The fourth-order valence-corrected chi connectivity index (χ4v) is 3.92. The highest BCUT2D eigenvalue weighted by Crippen LogP contribution is 2.31. The number of piperidine rings is 1. The molecule has 6 heteroatoms. The molecule has 1 aliphatic rings. The highest BCUT2D eigenvalue weighted by Gasteiger charge is 2.19. The Morgan fingerprint density at radius 3 is 2.39 bits per heavy atom. The van der Waals surface area contributed by atoms with Gasteiger partial charge < -0.3 is 10.2 Å². The maximum atomic E-state index is 12.9. The molecule has 0 spiro atoms. The standard InChI is InChI=1S/C25H25N3O3/c29-25(27-14-5-2-6-15-27)22-11-7-10-20(16-22)21-12-13-24(28(30)31)23(17-21)26-18-19-8-3-1-4-9-19/h1,3-4,7-13,16-17,26H,2,5-6,14-15,18H2. The fraction of sp³-hybridized carbons (Fsp3) is 0.240. The molecular weight excluding hydrogens is 390 g/mol. The summed E-state index contributed by atoms with van der Waals surface area (Å²) in [5.74, 6) is 0.0471. The number of carbonyl (C=O) groups excluding carboxylic acids is 1. The first-order valence-corrected chi connectivity index (χ1v) is 10.6. The summed E-state index contributed by atoms with van der Waals surface area (Å²) in [6.45, 7) is 2.08. The summed E-state index contributed by atoms with van der Waals surface area (Å²) < 4.78 is 0. The van der Waals surface area contributed by atoms with E-state index in [1.165, 1.54) is 12.5 Å². The van der Waals surface area contributed by atoms with E-state index in [9.17, 15) is 14.9 Å². The highest BCUT2D eigenvalue weighted by atomic mass is 16.6. The van der Waals surface area contributed by atoms with Crippen LogP contribution in [0.3, 0.4) is 0 Å². The van der Waals surface area contributed by atoms with Crippen LogP contribution in [0.25, 0.3) is 11.1 Å². The normalized spacial score (nSPS) is 13.6. The number of likely N-dealkylation sites (tertiary alicyclic amines) is 1. The molecule has 0 atom stereocenters. The second-order valence-corrected chi connectivity index (χ2v) is 7.76. The summed E-state index contributed by atoms with van der Waals surface area (Å²) >= 11 is 0. The summed E-state index contributed by atoms with van der Waals surface area (Å²) in [5, 5.41) is 14.7. The van der Waals surface area contributed by atoms with Crippen molar-refractivity contribution >= 4 is 17.3 Å². The molecule has 31 heavy (non-hydrogen) atoms. The Hall–Kier alpha value is -3.67. The van der Waals surface area contributed by atoms with E-state index in [4.69, 9.17) is 0 Å². The third-order valence-corrected chi connectivity index (χ3v) is 5.61. The molecular formula is C25H25N3O3.